The fourth-order valence-electron chi connectivity index (χ4n) is 2.24. The zero-order valence-electron chi connectivity index (χ0n) is 14.5. The molecule has 0 aromatic heterocycles. The summed E-state index contributed by atoms with van der Waals surface area (Å²) in [7, 11) is -4.67. The first-order chi connectivity index (χ1) is 11.3. The van der Waals surface area contributed by atoms with Crippen LogP contribution in [-0.2, 0) is 19.5 Å². The van der Waals surface area contributed by atoms with Gasteiger partial charge in [-0.25, -0.2) is 4.79 Å². The Balaban J connectivity index is -0.000000704. The number of carbonyl (C=O) groups excluding carboxylic acids is 1. The third kappa shape index (κ3) is 29.4. The zero-order chi connectivity index (χ0) is 18.8. The van der Waals surface area contributed by atoms with Crippen LogP contribution >= 0.6 is 11.9 Å². The van der Waals surface area contributed by atoms with Crippen molar-refractivity contribution in [1.82, 2.24) is 0 Å². The van der Waals surface area contributed by atoms with Gasteiger partial charge in [0.05, 0.1) is 5.92 Å². The summed E-state index contributed by atoms with van der Waals surface area (Å²) in [6.45, 7) is 5.88. The first-order valence-corrected chi connectivity index (χ1v) is 10.1. The average Bonchev–Trinajstić information content (AvgIpc) is 2.50. The second kappa shape index (κ2) is 20.7. The van der Waals surface area contributed by atoms with Gasteiger partial charge in [0.2, 0.25) is 0 Å². The topological polar surface area (TPSA) is 101 Å². The van der Waals surface area contributed by atoms with E-state index in [0.29, 0.717) is 0 Å². The molecule has 1 atom stereocenters. The number of hydrogen-bond donors (Lipinski definition) is 2. The third-order valence-corrected chi connectivity index (χ3v) is 3.68. The Kier molecular flexibility index (Phi) is 24.9. The molecule has 0 aromatic carbocycles. The van der Waals surface area contributed by atoms with E-state index in [1.165, 1.54) is 57.8 Å². The van der Waals surface area contributed by atoms with E-state index < -0.39 is 10.4 Å². The number of hydrogen-bond acceptors (Lipinski definition) is 4. The van der Waals surface area contributed by atoms with Crippen molar-refractivity contribution in [1.29, 1.82) is 0 Å². The third-order valence-electron chi connectivity index (χ3n) is 3.53. The summed E-state index contributed by atoms with van der Waals surface area (Å²) in [5.41, 5.74) is 0. The van der Waals surface area contributed by atoms with Crippen LogP contribution in [0.5, 0.6) is 0 Å². The molecule has 0 amide bonds. The molecule has 0 aliphatic carbocycles. The van der Waals surface area contributed by atoms with Crippen LogP contribution in [0.2, 0.25) is 0 Å². The normalized spacial score (nSPS) is 11.5. The van der Waals surface area contributed by atoms with Crippen molar-refractivity contribution in [3.8, 4) is 0 Å². The Morgan fingerprint density at radius 3 is 1.72 bits per heavy atom. The molecule has 25 heavy (non-hydrogen) atoms. The van der Waals surface area contributed by atoms with Gasteiger partial charge in [0, 0.05) is 0 Å². The minimum absolute atomic E-state index is 0. The number of unbranched alkanes of at least 4 members (excludes halogenated alkanes) is 9. The van der Waals surface area contributed by atoms with Gasteiger partial charge in [-0.15, -0.1) is 6.58 Å². The first kappa shape index (κ1) is 30.1. The van der Waals surface area contributed by atoms with Crippen LogP contribution in [0, 0.1) is 5.92 Å². The SMILES string of the molecule is C=CC(CCCCCCCCCCCC)C(=O)OCl.O=S(=O)(O)O.[NaH]. The Morgan fingerprint density at radius 1 is 1.04 bits per heavy atom. The van der Waals surface area contributed by atoms with Crippen LogP contribution < -0.4 is 0 Å². The van der Waals surface area contributed by atoms with E-state index in [2.05, 4.69) is 17.8 Å². The number of halogens is 1. The van der Waals surface area contributed by atoms with Crippen molar-refractivity contribution in [3.63, 3.8) is 0 Å². The van der Waals surface area contributed by atoms with E-state index in [0.717, 1.165) is 12.8 Å². The van der Waals surface area contributed by atoms with Gasteiger partial charge in [0.15, 0.2) is 0 Å². The quantitative estimate of drug-likeness (QED) is 0.201. The van der Waals surface area contributed by atoms with E-state index >= 15 is 0 Å². The molecular weight excluding hydrogens is 379 g/mol. The van der Waals surface area contributed by atoms with Crippen LogP contribution in [0.4, 0.5) is 0 Å². The second-order valence-corrected chi connectivity index (χ2v) is 6.71. The molecule has 2 N–H and O–H groups in total. The van der Waals surface area contributed by atoms with E-state index in [9.17, 15) is 4.79 Å². The molecule has 146 valence electrons. The average molecular weight is 411 g/mol. The molecule has 0 aromatic rings. The molecule has 6 nitrogen and oxygen atoms in total. The van der Waals surface area contributed by atoms with Gasteiger partial charge in [-0.2, -0.15) is 8.42 Å². The van der Waals surface area contributed by atoms with Crippen molar-refractivity contribution in [3.05, 3.63) is 12.7 Å². The van der Waals surface area contributed by atoms with Gasteiger partial charge in [0.25, 0.3) is 0 Å². The molecule has 0 fully saturated rings. The predicted octanol–water partition coefficient (Wildman–Crippen LogP) is 4.50. The summed E-state index contributed by atoms with van der Waals surface area (Å²) in [6.07, 6.45) is 15.4. The Hall–Kier alpha value is 0.370. The van der Waals surface area contributed by atoms with E-state index in [4.69, 9.17) is 29.4 Å². The molecule has 0 radical (unpaired) electrons. The van der Waals surface area contributed by atoms with Gasteiger partial charge in [-0.1, -0.05) is 77.2 Å². The van der Waals surface area contributed by atoms with Gasteiger partial charge < -0.3 is 4.29 Å². The predicted molar refractivity (Wildman–Crippen MR) is 103 cm³/mol. The molecule has 0 spiro atoms. The maximum atomic E-state index is 11.2. The minimum atomic E-state index is -4.67. The van der Waals surface area contributed by atoms with Crippen molar-refractivity contribution >= 4 is 57.8 Å². The van der Waals surface area contributed by atoms with E-state index in [1.807, 2.05) is 0 Å². The summed E-state index contributed by atoms with van der Waals surface area (Å²) in [4.78, 5) is 11.2. The van der Waals surface area contributed by atoms with Crippen LogP contribution in [-0.4, -0.2) is 53.0 Å². The molecule has 0 bridgehead atoms. The van der Waals surface area contributed by atoms with Crippen LogP contribution in [0.25, 0.3) is 0 Å². The molecule has 0 aliphatic heterocycles. The Labute approximate surface area is 179 Å². The first-order valence-electron chi connectivity index (χ1n) is 8.41. The fraction of sp³-hybridized carbons (Fsp3) is 0.812. The second-order valence-electron chi connectivity index (χ2n) is 5.66. The summed E-state index contributed by atoms with van der Waals surface area (Å²) >= 11 is 5.06. The van der Waals surface area contributed by atoms with Crippen LogP contribution in [0.15, 0.2) is 12.7 Å². The molecule has 9 heteroatoms. The summed E-state index contributed by atoms with van der Waals surface area (Å²) in [5, 5.41) is 0. The fourth-order valence-corrected chi connectivity index (χ4v) is 2.36. The van der Waals surface area contributed by atoms with E-state index in [1.54, 1.807) is 6.08 Å². The summed E-state index contributed by atoms with van der Waals surface area (Å²) < 4.78 is 35.8. The molecule has 0 saturated heterocycles. The molecule has 0 aliphatic rings. The monoisotopic (exact) mass is 410 g/mol. The standard InChI is InChI=1S/C16H29ClO2.Na.H2O4S.H/c1-3-5-6-7-8-9-10-11-12-13-14-15(4-2)16(18)19-17;;1-5(2,3)4;/h4,15H,2-3,5-14H2,1H3;;(H2,1,2,3,4);. The van der Waals surface area contributed by atoms with Gasteiger partial charge >= 0.3 is 45.9 Å². The van der Waals surface area contributed by atoms with Crippen molar-refractivity contribution in [2.24, 2.45) is 5.92 Å². The van der Waals surface area contributed by atoms with Gasteiger partial charge in [-0.05, 0) is 6.42 Å². The van der Waals surface area contributed by atoms with Crippen molar-refractivity contribution in [2.75, 3.05) is 0 Å². The molecule has 0 saturated carbocycles. The van der Waals surface area contributed by atoms with Crippen LogP contribution in [0.3, 0.4) is 0 Å². The molecular formula is C16H32ClNaO6S. The summed E-state index contributed by atoms with van der Waals surface area (Å²) in [5.74, 6) is -0.626. The van der Waals surface area contributed by atoms with Crippen LogP contribution in [0.1, 0.15) is 77.6 Å². The Morgan fingerprint density at radius 2 is 1.40 bits per heavy atom. The summed E-state index contributed by atoms with van der Waals surface area (Å²) in [6, 6.07) is 0. The molecule has 0 heterocycles. The Bertz CT molecular complexity index is 409. The number of carbonyl (C=O) groups is 1. The van der Waals surface area contributed by atoms with Crippen molar-refractivity contribution in [2.45, 2.75) is 77.6 Å². The zero-order valence-corrected chi connectivity index (χ0v) is 16.0. The maximum absolute atomic E-state index is 11.2. The van der Waals surface area contributed by atoms with Gasteiger partial charge in [0.1, 0.15) is 11.9 Å². The molecule has 1 unspecified atom stereocenters. The number of rotatable bonds is 13. The van der Waals surface area contributed by atoms with E-state index in [-0.39, 0.29) is 41.4 Å². The molecule has 0 rings (SSSR count). The van der Waals surface area contributed by atoms with Crippen molar-refractivity contribution < 1.29 is 26.6 Å². The van der Waals surface area contributed by atoms with Gasteiger partial charge in [-0.3, -0.25) is 9.11 Å².